The lowest BCUT2D eigenvalue weighted by Gasteiger charge is -2.18. The van der Waals surface area contributed by atoms with Gasteiger partial charge in [0.05, 0.1) is 35.8 Å². The second-order valence-electron chi connectivity index (χ2n) is 9.04. The minimum atomic E-state index is -0.553. The fourth-order valence-electron chi connectivity index (χ4n) is 4.72. The SMILES string of the molecule is COc1cc(F)c2ncc(F)c(CCN3C[C@H](CNCc4ccc5c(n4)NC(=O)CS5)[C@H](O)C3)c2c1.Cl. The molecule has 0 aliphatic carbocycles. The lowest BCUT2D eigenvalue weighted by atomic mass is 10.0. The number of amides is 1. The Balaban J connectivity index is 0.00000320. The summed E-state index contributed by atoms with van der Waals surface area (Å²) in [7, 11) is 1.44. The van der Waals surface area contributed by atoms with Crippen molar-refractivity contribution in [2.75, 3.05) is 44.4 Å². The Hall–Kier alpha value is -2.57. The molecule has 2 aliphatic heterocycles. The zero-order chi connectivity index (χ0) is 25.2. The molecule has 5 rings (SSSR count). The number of aliphatic hydroxyl groups is 1. The number of hydrogen-bond donors (Lipinski definition) is 3. The van der Waals surface area contributed by atoms with Crippen LogP contribution < -0.4 is 15.4 Å². The van der Waals surface area contributed by atoms with Gasteiger partial charge in [0.2, 0.25) is 5.91 Å². The number of pyridine rings is 2. The Bertz CT molecular complexity index is 1300. The van der Waals surface area contributed by atoms with Gasteiger partial charge in [0.15, 0.2) is 5.82 Å². The highest BCUT2D eigenvalue weighted by molar-refractivity contribution is 8.00. The van der Waals surface area contributed by atoms with Crippen LogP contribution in [0.15, 0.2) is 35.4 Å². The molecule has 8 nitrogen and oxygen atoms in total. The molecule has 1 amide bonds. The molecule has 12 heteroatoms. The summed E-state index contributed by atoms with van der Waals surface area (Å²) in [5, 5.41) is 17.1. The number of likely N-dealkylation sites (tertiary alicyclic amines) is 1. The first-order valence-corrected chi connectivity index (χ1v) is 12.7. The number of nitrogens with one attached hydrogen (secondary N) is 2. The lowest BCUT2D eigenvalue weighted by molar-refractivity contribution is -0.113. The zero-order valence-electron chi connectivity index (χ0n) is 20.2. The van der Waals surface area contributed by atoms with Crippen LogP contribution in [0.3, 0.4) is 0 Å². The Morgan fingerprint density at radius 2 is 2.11 bits per heavy atom. The summed E-state index contributed by atoms with van der Waals surface area (Å²) in [6.07, 6.45) is 0.895. The minimum absolute atomic E-state index is 0. The molecule has 0 bridgehead atoms. The van der Waals surface area contributed by atoms with Gasteiger partial charge in [-0.25, -0.2) is 13.8 Å². The summed E-state index contributed by atoms with van der Waals surface area (Å²) in [5.41, 5.74) is 1.31. The van der Waals surface area contributed by atoms with Crippen LogP contribution in [0.1, 0.15) is 11.3 Å². The van der Waals surface area contributed by atoms with Crippen LogP contribution in [0, 0.1) is 17.6 Å². The van der Waals surface area contributed by atoms with E-state index < -0.39 is 17.7 Å². The van der Waals surface area contributed by atoms with Crippen molar-refractivity contribution < 1.29 is 23.4 Å². The number of β-amino-alcohol motifs (C(OH)–C–C–N with tert-alkyl or cyclic N) is 1. The summed E-state index contributed by atoms with van der Waals surface area (Å²) in [6.45, 7) is 2.76. The second kappa shape index (κ2) is 11.9. The average Bonchev–Trinajstić information content (AvgIpc) is 3.22. The van der Waals surface area contributed by atoms with Crippen LogP contribution >= 0.6 is 24.2 Å². The number of benzene rings is 1. The molecule has 2 atom stereocenters. The van der Waals surface area contributed by atoms with E-state index in [0.717, 1.165) is 16.8 Å². The number of halogens is 3. The van der Waals surface area contributed by atoms with E-state index in [1.165, 1.54) is 24.9 Å². The molecule has 37 heavy (non-hydrogen) atoms. The number of carbonyl (C=O) groups is 1. The molecule has 1 saturated heterocycles. The number of rotatable bonds is 8. The minimum Gasteiger partial charge on any atom is -0.497 e. The molecule has 0 unspecified atom stereocenters. The number of aromatic nitrogens is 2. The summed E-state index contributed by atoms with van der Waals surface area (Å²) >= 11 is 1.47. The smallest absolute Gasteiger partial charge is 0.235 e. The molecule has 2 aromatic heterocycles. The number of thioether (sulfide) groups is 1. The monoisotopic (exact) mass is 551 g/mol. The molecular formula is C25H28ClF2N5O3S. The number of methoxy groups -OCH3 is 1. The number of fused-ring (bicyclic) bond motifs is 2. The third-order valence-corrected chi connectivity index (χ3v) is 7.65. The van der Waals surface area contributed by atoms with Crippen molar-refractivity contribution in [1.82, 2.24) is 20.2 Å². The first kappa shape index (κ1) is 27.5. The van der Waals surface area contributed by atoms with Crippen molar-refractivity contribution in [3.05, 3.63) is 53.4 Å². The maximum Gasteiger partial charge on any atom is 0.235 e. The molecule has 0 radical (unpaired) electrons. The van der Waals surface area contributed by atoms with Gasteiger partial charge in [-0.3, -0.25) is 9.78 Å². The van der Waals surface area contributed by atoms with Crippen molar-refractivity contribution in [3.8, 4) is 5.75 Å². The maximum absolute atomic E-state index is 14.6. The quantitative estimate of drug-likeness (QED) is 0.393. The van der Waals surface area contributed by atoms with Crippen LogP contribution in [-0.2, 0) is 17.8 Å². The predicted octanol–water partition coefficient (Wildman–Crippen LogP) is 3.01. The maximum atomic E-state index is 14.6. The molecule has 0 saturated carbocycles. The Morgan fingerprint density at radius 1 is 1.27 bits per heavy atom. The van der Waals surface area contributed by atoms with E-state index in [1.54, 1.807) is 6.07 Å². The highest BCUT2D eigenvalue weighted by Gasteiger charge is 2.31. The van der Waals surface area contributed by atoms with Crippen molar-refractivity contribution in [3.63, 3.8) is 0 Å². The molecule has 0 spiro atoms. The van der Waals surface area contributed by atoms with Gasteiger partial charge in [-0.1, -0.05) is 0 Å². The summed E-state index contributed by atoms with van der Waals surface area (Å²) in [6, 6.07) is 6.73. The van der Waals surface area contributed by atoms with Crippen molar-refractivity contribution in [2.24, 2.45) is 5.92 Å². The Morgan fingerprint density at radius 3 is 2.92 bits per heavy atom. The highest BCUT2D eigenvalue weighted by Crippen LogP contribution is 2.30. The van der Waals surface area contributed by atoms with E-state index in [2.05, 4.69) is 25.5 Å². The van der Waals surface area contributed by atoms with E-state index in [9.17, 15) is 18.7 Å². The summed E-state index contributed by atoms with van der Waals surface area (Å²) < 4.78 is 34.2. The van der Waals surface area contributed by atoms with Crippen LogP contribution in [0.5, 0.6) is 5.75 Å². The highest BCUT2D eigenvalue weighted by atomic mass is 35.5. The van der Waals surface area contributed by atoms with Gasteiger partial charge < -0.3 is 25.4 Å². The number of ether oxygens (including phenoxy) is 1. The van der Waals surface area contributed by atoms with Gasteiger partial charge in [0, 0.05) is 55.7 Å². The van der Waals surface area contributed by atoms with Gasteiger partial charge in [-0.05, 0) is 24.6 Å². The fourth-order valence-corrected chi connectivity index (χ4v) is 5.47. The zero-order valence-corrected chi connectivity index (χ0v) is 21.8. The first-order chi connectivity index (χ1) is 17.4. The number of hydrogen-bond acceptors (Lipinski definition) is 8. The fraction of sp³-hybridized carbons (Fsp3) is 0.400. The molecule has 1 aromatic carbocycles. The third kappa shape index (κ3) is 6.12. The topological polar surface area (TPSA) is 99.6 Å². The molecule has 4 heterocycles. The Labute approximate surface area is 223 Å². The summed E-state index contributed by atoms with van der Waals surface area (Å²) in [4.78, 5) is 23.1. The molecule has 1 fully saturated rings. The van der Waals surface area contributed by atoms with Crippen LogP contribution in [0.4, 0.5) is 14.6 Å². The number of nitrogens with zero attached hydrogens (tertiary/aromatic N) is 3. The van der Waals surface area contributed by atoms with Crippen molar-refractivity contribution >= 4 is 46.8 Å². The largest absolute Gasteiger partial charge is 0.497 e. The van der Waals surface area contributed by atoms with E-state index in [1.807, 2.05) is 12.1 Å². The third-order valence-electron chi connectivity index (χ3n) is 6.60. The van der Waals surface area contributed by atoms with Crippen LogP contribution in [-0.4, -0.2) is 71.0 Å². The van der Waals surface area contributed by atoms with Crippen LogP contribution in [0.2, 0.25) is 0 Å². The number of anilines is 1. The first-order valence-electron chi connectivity index (χ1n) is 11.8. The van der Waals surface area contributed by atoms with Gasteiger partial charge in [0.25, 0.3) is 0 Å². The summed E-state index contributed by atoms with van der Waals surface area (Å²) in [5.74, 6) is 0.222. The number of aliphatic hydroxyl groups excluding tert-OH is 1. The second-order valence-corrected chi connectivity index (χ2v) is 10.1. The Kier molecular flexibility index (Phi) is 8.81. The van der Waals surface area contributed by atoms with E-state index >= 15 is 0 Å². The molecular weight excluding hydrogens is 524 g/mol. The van der Waals surface area contributed by atoms with Crippen LogP contribution in [0.25, 0.3) is 10.9 Å². The average molecular weight is 552 g/mol. The van der Waals surface area contributed by atoms with E-state index in [-0.39, 0.29) is 29.7 Å². The lowest BCUT2D eigenvalue weighted by Crippen LogP contribution is -2.30. The normalized spacial score (nSPS) is 19.4. The van der Waals surface area contributed by atoms with Gasteiger partial charge >= 0.3 is 0 Å². The molecule has 3 aromatic rings. The van der Waals surface area contributed by atoms with Gasteiger partial charge in [-0.15, -0.1) is 24.2 Å². The predicted molar refractivity (Wildman–Crippen MR) is 140 cm³/mol. The molecule has 3 N–H and O–H groups in total. The number of carbonyl (C=O) groups excluding carboxylic acids is 1. The molecule has 198 valence electrons. The van der Waals surface area contributed by atoms with Gasteiger partial charge in [0.1, 0.15) is 22.9 Å². The standard InChI is InChI=1S/C25H27F2N5O3S.ClH/c1-35-16-6-18-17(20(27)10-29-24(18)19(26)7-16)4-5-32-11-14(21(33)12-32)8-28-9-15-2-3-22-25(30-15)31-23(34)13-36-22;/h2-3,6-7,10,14,21,28,33H,4-5,8-9,11-13H2,1H3,(H,30,31,34);1H/t14-,21+;/m0./s1. The van der Waals surface area contributed by atoms with E-state index in [0.29, 0.717) is 67.4 Å². The van der Waals surface area contributed by atoms with Gasteiger partial charge in [-0.2, -0.15) is 0 Å². The van der Waals surface area contributed by atoms with Crippen molar-refractivity contribution in [1.29, 1.82) is 0 Å². The van der Waals surface area contributed by atoms with E-state index in [4.69, 9.17) is 4.74 Å². The molecule has 2 aliphatic rings. The van der Waals surface area contributed by atoms with Crippen molar-refractivity contribution in [2.45, 2.75) is 24.0 Å².